The zero-order chi connectivity index (χ0) is 9.46. The van der Waals surface area contributed by atoms with E-state index < -0.39 is 32.3 Å². The first-order chi connectivity index (χ1) is 5.46. The van der Waals surface area contributed by atoms with Crippen LogP contribution >= 0.6 is 69.6 Å². The van der Waals surface area contributed by atoms with Crippen molar-refractivity contribution in [2.75, 3.05) is 0 Å². The summed E-state index contributed by atoms with van der Waals surface area (Å²) in [5.41, 5.74) is 0. The predicted octanol–water partition coefficient (Wildman–Crippen LogP) is -2.39. The monoisotopic (exact) mass is 468 g/mol. The Balaban J connectivity index is -0.0000000300. The maximum atomic E-state index is 5.88. The van der Waals surface area contributed by atoms with Gasteiger partial charge in [-0.25, -0.2) is 0 Å². The van der Waals surface area contributed by atoms with Crippen LogP contribution in [0, 0.1) is 0 Å². The van der Waals surface area contributed by atoms with E-state index in [-0.39, 0.29) is 101 Å². The van der Waals surface area contributed by atoms with Gasteiger partial charge in [0.05, 0.1) is 32.3 Å². The normalized spacial score (nSPS) is 35.1. The molecular weight excluding hydrogens is 455 g/mol. The minimum absolute atomic E-state index is 0. The van der Waals surface area contributed by atoms with Crippen LogP contribution in [0.5, 0.6) is 0 Å². The minimum atomic E-state index is -0.437. The van der Waals surface area contributed by atoms with E-state index in [0.29, 0.717) is 0 Å². The van der Waals surface area contributed by atoms with Crippen molar-refractivity contribution in [3.63, 3.8) is 0 Å². The molecule has 0 heterocycles. The number of halogens is 7. The van der Waals surface area contributed by atoms with Gasteiger partial charge in [0.15, 0.2) is 0 Å². The van der Waals surface area contributed by atoms with Gasteiger partial charge < -0.3 is 23.3 Å². The molecular formula is C6H16Cl6FKO4Ti. The van der Waals surface area contributed by atoms with Gasteiger partial charge in [-0.3, -0.25) is 4.70 Å². The van der Waals surface area contributed by atoms with Crippen molar-refractivity contribution < 1.29 is 101 Å². The topological polar surface area (TPSA) is 126 Å². The van der Waals surface area contributed by atoms with Gasteiger partial charge in [0.2, 0.25) is 0 Å². The summed E-state index contributed by atoms with van der Waals surface area (Å²) in [6, 6.07) is 0. The van der Waals surface area contributed by atoms with E-state index in [1.54, 1.807) is 0 Å². The third-order valence-electron chi connectivity index (χ3n) is 1.83. The summed E-state index contributed by atoms with van der Waals surface area (Å²) in [5, 5.41) is -2.62. The maximum Gasteiger partial charge on any atom is 1.00 e. The number of rotatable bonds is 0. The van der Waals surface area contributed by atoms with E-state index in [1.807, 2.05) is 0 Å². The van der Waals surface area contributed by atoms with Gasteiger partial charge in [0, 0.05) is 21.7 Å². The van der Waals surface area contributed by atoms with Gasteiger partial charge >= 0.3 is 51.4 Å². The number of alkyl halides is 6. The third-order valence-corrected chi connectivity index (χ3v) is 5.86. The smallest absolute Gasteiger partial charge is 1.00 e. The van der Waals surface area contributed by atoms with E-state index in [2.05, 4.69) is 0 Å². The quantitative estimate of drug-likeness (QED) is 0.277. The van der Waals surface area contributed by atoms with Gasteiger partial charge in [0.25, 0.3) is 0 Å². The van der Waals surface area contributed by atoms with Gasteiger partial charge in [-0.15, -0.1) is 69.6 Å². The molecule has 0 atom stereocenters. The average Bonchev–Trinajstić information content (AvgIpc) is 2.08. The molecule has 0 spiro atoms. The van der Waals surface area contributed by atoms with E-state index in [4.69, 9.17) is 69.6 Å². The van der Waals surface area contributed by atoms with Crippen molar-refractivity contribution in [1.82, 2.24) is 0 Å². The predicted molar refractivity (Wildman–Crippen MR) is 75.9 cm³/mol. The van der Waals surface area contributed by atoms with Crippen LogP contribution < -0.4 is 51.4 Å². The van der Waals surface area contributed by atoms with Gasteiger partial charge in [-0.2, -0.15) is 0 Å². The van der Waals surface area contributed by atoms with E-state index >= 15 is 0 Å². The SMILES string of the molecule is ClC1C(Cl)C(Cl)C(Cl)C(Cl)C1Cl.F.O.O.O.O.[H-].[K+].[Ti]. The largest absolute Gasteiger partial charge is 1.00 e. The Bertz CT molecular complexity index is 139. The fraction of sp³-hybridized carbons (Fsp3) is 1.00. The van der Waals surface area contributed by atoms with Crippen molar-refractivity contribution in [2.45, 2.75) is 32.3 Å². The van der Waals surface area contributed by atoms with Gasteiger partial charge in [-0.1, -0.05) is 0 Å². The number of hydrogen-bond donors (Lipinski definition) is 0. The molecule has 0 aromatic carbocycles. The van der Waals surface area contributed by atoms with Gasteiger partial charge in [-0.05, 0) is 0 Å². The Morgan fingerprint density at radius 1 is 0.474 bits per heavy atom. The molecule has 1 fully saturated rings. The van der Waals surface area contributed by atoms with Crippen LogP contribution in [-0.2, 0) is 21.7 Å². The Labute approximate surface area is 199 Å². The first-order valence-corrected chi connectivity index (χ1v) is 5.93. The molecule has 0 aliphatic heterocycles. The average molecular weight is 471 g/mol. The minimum Gasteiger partial charge on any atom is -1.00 e. The molecule has 13 heteroatoms. The zero-order valence-corrected chi connectivity index (χ0v) is 18.9. The molecule has 118 valence electrons. The molecule has 0 radical (unpaired) electrons. The Morgan fingerprint density at radius 2 is 0.526 bits per heavy atom. The summed E-state index contributed by atoms with van der Waals surface area (Å²) in [6.07, 6.45) is 0. The Hall–Kier alpha value is 3.86. The van der Waals surface area contributed by atoms with E-state index in [9.17, 15) is 0 Å². The fourth-order valence-corrected chi connectivity index (χ4v) is 3.38. The van der Waals surface area contributed by atoms with Crippen molar-refractivity contribution in [2.24, 2.45) is 0 Å². The van der Waals surface area contributed by atoms with Crippen LogP contribution in [0.15, 0.2) is 0 Å². The Kier molecular flexibility index (Phi) is 45.5. The molecule has 0 aromatic heterocycles. The summed E-state index contributed by atoms with van der Waals surface area (Å²) in [4.78, 5) is 0. The van der Waals surface area contributed by atoms with Crippen LogP contribution in [0.3, 0.4) is 0 Å². The molecule has 0 saturated heterocycles. The van der Waals surface area contributed by atoms with Crippen molar-refractivity contribution in [3.8, 4) is 0 Å². The summed E-state index contributed by atoms with van der Waals surface area (Å²) >= 11 is 35.3. The molecule has 1 aliphatic carbocycles. The molecule has 0 unspecified atom stereocenters. The first-order valence-electron chi connectivity index (χ1n) is 3.31. The summed E-state index contributed by atoms with van der Waals surface area (Å²) in [6.45, 7) is 0. The summed E-state index contributed by atoms with van der Waals surface area (Å²) in [7, 11) is 0. The second-order valence-corrected chi connectivity index (χ2v) is 5.69. The second-order valence-electron chi connectivity index (χ2n) is 2.67. The van der Waals surface area contributed by atoms with Crippen LogP contribution in [0.1, 0.15) is 1.43 Å². The van der Waals surface area contributed by atoms with Crippen LogP contribution in [0.2, 0.25) is 0 Å². The maximum absolute atomic E-state index is 5.88. The summed E-state index contributed by atoms with van der Waals surface area (Å²) < 4.78 is 0. The van der Waals surface area contributed by atoms with Crippen LogP contribution in [0.4, 0.5) is 4.70 Å². The van der Waals surface area contributed by atoms with Crippen molar-refractivity contribution in [1.29, 1.82) is 0 Å². The fourth-order valence-electron chi connectivity index (χ4n) is 1.05. The molecule has 1 saturated carbocycles. The molecule has 8 N–H and O–H groups in total. The Morgan fingerprint density at radius 3 is 0.579 bits per heavy atom. The molecule has 1 rings (SSSR count). The second kappa shape index (κ2) is 19.9. The number of hydrogen-bond acceptors (Lipinski definition) is 0. The van der Waals surface area contributed by atoms with E-state index in [1.165, 1.54) is 0 Å². The first kappa shape index (κ1) is 43.4. The molecule has 1 aliphatic rings. The molecule has 4 nitrogen and oxygen atoms in total. The zero-order valence-electron chi connectivity index (χ0n) is 10.6. The summed E-state index contributed by atoms with van der Waals surface area (Å²) in [5.74, 6) is 0. The molecule has 0 bridgehead atoms. The van der Waals surface area contributed by atoms with Gasteiger partial charge in [0.1, 0.15) is 0 Å². The molecule has 19 heavy (non-hydrogen) atoms. The third kappa shape index (κ3) is 11.1. The van der Waals surface area contributed by atoms with Crippen LogP contribution in [0.25, 0.3) is 0 Å². The molecule has 0 aromatic rings. The van der Waals surface area contributed by atoms with Crippen LogP contribution in [-0.4, -0.2) is 54.2 Å². The standard InChI is InChI=1S/C6H6Cl6.FH.K.4H2O.Ti.H/c7-1-2(8)4(10)6(12)5(11)3(1)9;;;;;;;;/h1-6H;1H;;4*1H2;;/q;;+1;;;;;;-1. The van der Waals surface area contributed by atoms with Crippen molar-refractivity contribution >= 4 is 69.6 Å². The molecule has 0 amide bonds. The van der Waals surface area contributed by atoms with E-state index in [0.717, 1.165) is 0 Å². The van der Waals surface area contributed by atoms with Crippen molar-refractivity contribution in [3.05, 3.63) is 0 Å².